The van der Waals surface area contributed by atoms with Crippen LogP contribution in [0.25, 0.3) is 0 Å². The molecule has 0 atom stereocenters. The van der Waals surface area contributed by atoms with Gasteiger partial charge in [-0.15, -0.1) is 0 Å². The van der Waals surface area contributed by atoms with Gasteiger partial charge < -0.3 is 0 Å². The van der Waals surface area contributed by atoms with Crippen LogP contribution >= 0.6 is 0 Å². The Hall–Kier alpha value is -0.830. The van der Waals surface area contributed by atoms with Gasteiger partial charge in [-0.05, 0) is 24.8 Å². The van der Waals surface area contributed by atoms with Crippen molar-refractivity contribution in [2.75, 3.05) is 5.75 Å². The van der Waals surface area contributed by atoms with Gasteiger partial charge in [-0.1, -0.05) is 36.8 Å². The summed E-state index contributed by atoms with van der Waals surface area (Å²) in [4.78, 5) is 0. The van der Waals surface area contributed by atoms with Gasteiger partial charge in [0.25, 0.3) is 0 Å². The lowest BCUT2D eigenvalue weighted by molar-refractivity contribution is 0.608. The molecule has 3 heteroatoms. The van der Waals surface area contributed by atoms with Crippen molar-refractivity contribution in [1.29, 1.82) is 0 Å². The Labute approximate surface area is 86.9 Å². The zero-order chi connectivity index (χ0) is 10.2. The topological polar surface area (TPSA) is 34.1 Å². The van der Waals surface area contributed by atoms with Crippen LogP contribution in [-0.4, -0.2) is 14.2 Å². The molecule has 0 fully saturated rings. The summed E-state index contributed by atoms with van der Waals surface area (Å²) in [5.74, 6) is 0.337. The fraction of sp³-hybridized carbons (Fsp3) is 0.455. The van der Waals surface area contributed by atoms with Crippen molar-refractivity contribution >= 4 is 10.7 Å². The summed E-state index contributed by atoms with van der Waals surface area (Å²) in [5.41, 5.74) is 1.33. The first-order valence-electron chi connectivity index (χ1n) is 4.95. The van der Waals surface area contributed by atoms with Crippen LogP contribution in [-0.2, 0) is 17.1 Å². The van der Waals surface area contributed by atoms with Crippen molar-refractivity contribution in [3.05, 3.63) is 35.9 Å². The molecule has 1 aromatic rings. The van der Waals surface area contributed by atoms with Gasteiger partial charge in [0.05, 0.1) is 0 Å². The Kier molecular flexibility index (Phi) is 5.30. The van der Waals surface area contributed by atoms with Gasteiger partial charge in [0.15, 0.2) is 0 Å². The summed E-state index contributed by atoms with van der Waals surface area (Å²) in [6.07, 6.45) is 3.92. The molecule has 0 saturated heterocycles. The standard InChI is InChI=1S/C11H16O2S/c12-14(13)10-6-2-5-9-11-7-3-1-4-8-11/h1,3-4,7-8,14H,2,5-6,9-10H2. The smallest absolute Gasteiger partial charge is 0.140 e. The third-order valence-electron chi connectivity index (χ3n) is 2.15. The highest BCUT2D eigenvalue weighted by Crippen LogP contribution is 2.05. The van der Waals surface area contributed by atoms with E-state index in [1.54, 1.807) is 0 Å². The van der Waals surface area contributed by atoms with Crippen molar-refractivity contribution in [2.24, 2.45) is 0 Å². The summed E-state index contributed by atoms with van der Waals surface area (Å²) in [7, 11) is -2.17. The fourth-order valence-electron chi connectivity index (χ4n) is 1.39. The van der Waals surface area contributed by atoms with E-state index in [1.165, 1.54) is 5.56 Å². The van der Waals surface area contributed by atoms with Crippen LogP contribution in [0.3, 0.4) is 0 Å². The number of unbranched alkanes of at least 4 members (excludes halogenated alkanes) is 2. The van der Waals surface area contributed by atoms with Gasteiger partial charge in [-0.25, -0.2) is 8.42 Å². The molecule has 0 unspecified atom stereocenters. The molecule has 2 nitrogen and oxygen atoms in total. The van der Waals surface area contributed by atoms with Crippen LogP contribution in [0.5, 0.6) is 0 Å². The maximum atomic E-state index is 10.3. The molecule has 0 spiro atoms. The minimum absolute atomic E-state index is 0.337. The van der Waals surface area contributed by atoms with E-state index in [0.29, 0.717) is 5.75 Å². The number of aryl methyl sites for hydroxylation is 1. The number of benzene rings is 1. The van der Waals surface area contributed by atoms with Crippen LogP contribution in [0, 0.1) is 0 Å². The van der Waals surface area contributed by atoms with Gasteiger partial charge in [0.2, 0.25) is 0 Å². The summed E-state index contributed by atoms with van der Waals surface area (Å²) >= 11 is 0. The van der Waals surface area contributed by atoms with E-state index in [1.807, 2.05) is 18.2 Å². The first kappa shape index (κ1) is 11.2. The van der Waals surface area contributed by atoms with E-state index in [9.17, 15) is 8.42 Å². The average molecular weight is 212 g/mol. The van der Waals surface area contributed by atoms with Gasteiger partial charge in [-0.2, -0.15) is 0 Å². The fourth-order valence-corrected chi connectivity index (χ4v) is 1.87. The molecular weight excluding hydrogens is 196 g/mol. The van der Waals surface area contributed by atoms with Crippen LogP contribution in [0.1, 0.15) is 24.8 Å². The monoisotopic (exact) mass is 212 g/mol. The Bertz CT molecular complexity index is 309. The first-order chi connectivity index (χ1) is 6.79. The molecular formula is C11H16O2S. The predicted octanol–water partition coefficient (Wildman–Crippen LogP) is 2.01. The summed E-state index contributed by atoms with van der Waals surface area (Å²) < 4.78 is 20.5. The molecule has 78 valence electrons. The number of thiol groups is 1. The number of hydrogen-bond acceptors (Lipinski definition) is 2. The predicted molar refractivity (Wildman–Crippen MR) is 59.2 cm³/mol. The van der Waals surface area contributed by atoms with Crippen molar-refractivity contribution in [2.45, 2.75) is 25.7 Å². The molecule has 0 aliphatic carbocycles. The molecule has 0 aromatic heterocycles. The summed E-state index contributed by atoms with van der Waals surface area (Å²) in [5, 5.41) is 0. The Morgan fingerprint density at radius 2 is 1.64 bits per heavy atom. The molecule has 0 N–H and O–H groups in total. The van der Waals surface area contributed by atoms with E-state index in [-0.39, 0.29) is 0 Å². The molecule has 0 radical (unpaired) electrons. The highest BCUT2D eigenvalue weighted by Gasteiger charge is 1.93. The Morgan fingerprint density at radius 1 is 0.929 bits per heavy atom. The second-order valence-electron chi connectivity index (χ2n) is 3.35. The second kappa shape index (κ2) is 6.60. The van der Waals surface area contributed by atoms with E-state index in [2.05, 4.69) is 12.1 Å². The summed E-state index contributed by atoms with van der Waals surface area (Å²) in [6, 6.07) is 10.3. The molecule has 0 heterocycles. The minimum Gasteiger partial charge on any atom is -0.232 e. The third kappa shape index (κ3) is 5.02. The number of hydrogen-bond donors (Lipinski definition) is 1. The molecule has 0 aliphatic heterocycles. The van der Waals surface area contributed by atoms with Gasteiger partial charge in [-0.3, -0.25) is 0 Å². The highest BCUT2D eigenvalue weighted by molar-refractivity contribution is 7.72. The van der Waals surface area contributed by atoms with Crippen molar-refractivity contribution in [1.82, 2.24) is 0 Å². The normalized spacial score (nSPS) is 10.6. The van der Waals surface area contributed by atoms with E-state index in [4.69, 9.17) is 0 Å². The van der Waals surface area contributed by atoms with Gasteiger partial charge in [0, 0.05) is 5.75 Å². The summed E-state index contributed by atoms with van der Waals surface area (Å²) in [6.45, 7) is 0. The third-order valence-corrected chi connectivity index (χ3v) is 2.83. The van der Waals surface area contributed by atoms with Crippen molar-refractivity contribution < 1.29 is 8.42 Å². The van der Waals surface area contributed by atoms with Crippen molar-refractivity contribution in [3.63, 3.8) is 0 Å². The van der Waals surface area contributed by atoms with Gasteiger partial charge in [0.1, 0.15) is 10.7 Å². The number of rotatable bonds is 6. The lowest BCUT2D eigenvalue weighted by atomic mass is 10.1. The second-order valence-corrected chi connectivity index (χ2v) is 4.47. The van der Waals surface area contributed by atoms with Crippen LogP contribution in [0.15, 0.2) is 30.3 Å². The van der Waals surface area contributed by atoms with Crippen LogP contribution in [0.4, 0.5) is 0 Å². The Balaban J connectivity index is 2.10. The molecule has 0 aliphatic rings. The van der Waals surface area contributed by atoms with E-state index in [0.717, 1.165) is 25.7 Å². The van der Waals surface area contributed by atoms with Crippen molar-refractivity contribution in [3.8, 4) is 0 Å². The van der Waals surface area contributed by atoms with E-state index >= 15 is 0 Å². The lowest BCUT2D eigenvalue weighted by Crippen LogP contribution is -1.90. The SMILES string of the molecule is O=[SH](=O)CCCCCc1ccccc1. The minimum atomic E-state index is -2.17. The zero-order valence-corrected chi connectivity index (χ0v) is 9.08. The maximum Gasteiger partial charge on any atom is 0.140 e. The molecule has 1 aromatic carbocycles. The maximum absolute atomic E-state index is 10.3. The first-order valence-corrected chi connectivity index (χ1v) is 6.31. The molecule has 14 heavy (non-hydrogen) atoms. The van der Waals surface area contributed by atoms with E-state index < -0.39 is 10.7 Å². The zero-order valence-electron chi connectivity index (χ0n) is 8.19. The molecule has 0 saturated carbocycles. The van der Waals surface area contributed by atoms with Gasteiger partial charge >= 0.3 is 0 Å². The quantitative estimate of drug-likeness (QED) is 0.578. The Morgan fingerprint density at radius 3 is 2.29 bits per heavy atom. The average Bonchev–Trinajstić information content (AvgIpc) is 2.18. The highest BCUT2D eigenvalue weighted by atomic mass is 32.2. The van der Waals surface area contributed by atoms with Crippen LogP contribution in [0.2, 0.25) is 0 Å². The molecule has 0 amide bonds. The lowest BCUT2D eigenvalue weighted by Gasteiger charge is -1.99. The largest absolute Gasteiger partial charge is 0.232 e. The van der Waals surface area contributed by atoms with Crippen LogP contribution < -0.4 is 0 Å². The molecule has 0 bridgehead atoms. The molecule has 1 rings (SSSR count).